The molecule has 1 aliphatic rings. The Balaban J connectivity index is 1.62. The van der Waals surface area contributed by atoms with Gasteiger partial charge < -0.3 is 10.6 Å². The molecule has 0 unspecified atom stereocenters. The normalized spacial score (nSPS) is 13.5. The molecule has 1 aliphatic heterocycles. The summed E-state index contributed by atoms with van der Waals surface area (Å²) in [5.41, 5.74) is 3.47. The number of nitrogens with zero attached hydrogens (tertiary/aromatic N) is 4. The van der Waals surface area contributed by atoms with Crippen LogP contribution in [0, 0.1) is 0 Å². The fourth-order valence-electron chi connectivity index (χ4n) is 4.17. The van der Waals surface area contributed by atoms with E-state index in [0.717, 1.165) is 18.8 Å². The molecule has 0 atom stereocenters. The van der Waals surface area contributed by atoms with E-state index in [0.29, 0.717) is 34.6 Å². The number of pyridine rings is 2. The fraction of sp³-hybridized carbons (Fsp3) is 0.292. The predicted molar refractivity (Wildman–Crippen MR) is 123 cm³/mol. The molecule has 2 N–H and O–H groups in total. The highest BCUT2D eigenvalue weighted by Gasteiger charge is 2.22. The van der Waals surface area contributed by atoms with Crippen LogP contribution in [-0.4, -0.2) is 19.3 Å². The molecule has 0 bridgehead atoms. The second-order valence-electron chi connectivity index (χ2n) is 8.50. The van der Waals surface area contributed by atoms with E-state index in [1.54, 1.807) is 29.2 Å². The lowest BCUT2D eigenvalue weighted by atomic mass is 10.1. The van der Waals surface area contributed by atoms with Crippen molar-refractivity contribution in [2.75, 3.05) is 5.32 Å². The van der Waals surface area contributed by atoms with Gasteiger partial charge in [-0.3, -0.25) is 9.78 Å². The van der Waals surface area contributed by atoms with Crippen LogP contribution in [0.5, 0.6) is 0 Å². The number of fused-ring (bicyclic) bond motifs is 2. The maximum absolute atomic E-state index is 14.6. The largest absolute Gasteiger partial charge is 0.340 e. The standard InChI is InChI=1S/C24H25FN6O/c1-4-30-23(32)19-14-28-22(29-17-6-5-15-12-26-13-16(15)9-17)11-20(19)31(30)18-7-8-27-21(10-18)24(2,3)25/h5-11,14,26H,4,12-13H2,1-3H3,(H,28,29). The van der Waals surface area contributed by atoms with E-state index in [2.05, 4.69) is 32.7 Å². The van der Waals surface area contributed by atoms with E-state index in [1.807, 2.05) is 23.7 Å². The first-order valence-electron chi connectivity index (χ1n) is 10.7. The van der Waals surface area contributed by atoms with Gasteiger partial charge >= 0.3 is 0 Å². The van der Waals surface area contributed by atoms with Crippen LogP contribution in [0.3, 0.4) is 0 Å². The maximum Gasteiger partial charge on any atom is 0.276 e. The Morgan fingerprint density at radius 3 is 2.72 bits per heavy atom. The predicted octanol–water partition coefficient (Wildman–Crippen LogP) is 4.15. The lowest BCUT2D eigenvalue weighted by Gasteiger charge is -2.17. The number of hydrogen-bond acceptors (Lipinski definition) is 5. The molecule has 8 heteroatoms. The minimum Gasteiger partial charge on any atom is -0.340 e. The SMILES string of the molecule is CCn1c(=O)c2cnc(Nc3ccc4c(c3)CNC4)cc2n1-c1ccnc(C(C)(C)F)c1. The van der Waals surface area contributed by atoms with Crippen LogP contribution < -0.4 is 16.2 Å². The Hall–Kier alpha value is -3.52. The molecule has 4 aromatic rings. The molecule has 7 nitrogen and oxygen atoms in total. The van der Waals surface area contributed by atoms with Gasteiger partial charge in [-0.2, -0.15) is 0 Å². The van der Waals surface area contributed by atoms with Crippen LogP contribution in [0.2, 0.25) is 0 Å². The summed E-state index contributed by atoms with van der Waals surface area (Å²) in [6, 6.07) is 11.6. The van der Waals surface area contributed by atoms with E-state index >= 15 is 0 Å². The van der Waals surface area contributed by atoms with E-state index in [4.69, 9.17) is 0 Å². The molecule has 0 fully saturated rings. The number of hydrogen-bond donors (Lipinski definition) is 2. The smallest absolute Gasteiger partial charge is 0.276 e. The van der Waals surface area contributed by atoms with Crippen molar-refractivity contribution in [3.8, 4) is 5.69 Å². The highest BCUT2D eigenvalue weighted by Crippen LogP contribution is 2.27. The molecule has 0 saturated heterocycles. The summed E-state index contributed by atoms with van der Waals surface area (Å²) < 4.78 is 18.0. The Bertz CT molecular complexity index is 1380. The fourth-order valence-corrected chi connectivity index (χ4v) is 4.17. The van der Waals surface area contributed by atoms with E-state index in [9.17, 15) is 9.18 Å². The van der Waals surface area contributed by atoms with Gasteiger partial charge in [-0.05, 0) is 56.2 Å². The van der Waals surface area contributed by atoms with Crippen molar-refractivity contribution in [1.82, 2.24) is 24.6 Å². The first-order chi connectivity index (χ1) is 15.3. The van der Waals surface area contributed by atoms with Crippen LogP contribution >= 0.6 is 0 Å². The zero-order chi connectivity index (χ0) is 22.5. The third-order valence-corrected chi connectivity index (χ3v) is 5.82. The van der Waals surface area contributed by atoms with Crippen LogP contribution in [0.25, 0.3) is 16.6 Å². The summed E-state index contributed by atoms with van der Waals surface area (Å²) >= 11 is 0. The van der Waals surface area contributed by atoms with Crippen LogP contribution in [0.1, 0.15) is 37.6 Å². The molecule has 0 spiro atoms. The van der Waals surface area contributed by atoms with Gasteiger partial charge in [0.1, 0.15) is 11.5 Å². The van der Waals surface area contributed by atoms with Crippen molar-refractivity contribution < 1.29 is 4.39 Å². The molecule has 164 valence electrons. The maximum atomic E-state index is 14.6. The molecule has 32 heavy (non-hydrogen) atoms. The number of anilines is 2. The molecule has 5 rings (SSSR count). The van der Waals surface area contributed by atoms with Gasteiger partial charge in [-0.1, -0.05) is 6.07 Å². The molecule has 1 aromatic carbocycles. The van der Waals surface area contributed by atoms with Gasteiger partial charge in [0, 0.05) is 43.8 Å². The van der Waals surface area contributed by atoms with Crippen LogP contribution in [0.15, 0.2) is 53.6 Å². The van der Waals surface area contributed by atoms with Gasteiger partial charge in [-0.25, -0.2) is 18.7 Å². The molecular weight excluding hydrogens is 407 g/mol. The van der Waals surface area contributed by atoms with E-state index in [1.165, 1.54) is 25.0 Å². The van der Waals surface area contributed by atoms with Crippen LogP contribution in [0.4, 0.5) is 15.9 Å². The summed E-state index contributed by atoms with van der Waals surface area (Å²) in [6.07, 6.45) is 3.17. The average Bonchev–Trinajstić information content (AvgIpc) is 3.34. The summed E-state index contributed by atoms with van der Waals surface area (Å²) in [7, 11) is 0. The van der Waals surface area contributed by atoms with Crippen molar-refractivity contribution in [2.24, 2.45) is 0 Å². The number of halogens is 1. The van der Waals surface area contributed by atoms with E-state index < -0.39 is 5.67 Å². The Morgan fingerprint density at radius 1 is 1.12 bits per heavy atom. The highest BCUT2D eigenvalue weighted by molar-refractivity contribution is 5.82. The van der Waals surface area contributed by atoms with Crippen molar-refractivity contribution in [3.63, 3.8) is 0 Å². The van der Waals surface area contributed by atoms with Gasteiger partial charge in [0.2, 0.25) is 0 Å². The second-order valence-corrected chi connectivity index (χ2v) is 8.50. The first kappa shape index (κ1) is 20.4. The topological polar surface area (TPSA) is 76.8 Å². The number of rotatable bonds is 5. The molecular formula is C24H25FN6O. The monoisotopic (exact) mass is 432 g/mol. The minimum absolute atomic E-state index is 0.136. The Labute approximate surface area is 184 Å². The molecule has 0 aliphatic carbocycles. The number of benzene rings is 1. The van der Waals surface area contributed by atoms with Gasteiger partial charge in [0.15, 0.2) is 0 Å². The third-order valence-electron chi connectivity index (χ3n) is 5.82. The van der Waals surface area contributed by atoms with E-state index in [-0.39, 0.29) is 5.56 Å². The number of alkyl halides is 1. The third kappa shape index (κ3) is 3.46. The Kier molecular flexibility index (Phi) is 4.82. The summed E-state index contributed by atoms with van der Waals surface area (Å²) in [4.78, 5) is 21.7. The minimum atomic E-state index is -1.59. The lowest BCUT2D eigenvalue weighted by Crippen LogP contribution is -2.21. The molecule has 4 heterocycles. The summed E-state index contributed by atoms with van der Waals surface area (Å²) in [5, 5.41) is 7.20. The first-order valence-corrected chi connectivity index (χ1v) is 10.7. The average molecular weight is 433 g/mol. The highest BCUT2D eigenvalue weighted by atomic mass is 19.1. The summed E-state index contributed by atoms with van der Waals surface area (Å²) in [6.45, 7) is 7.05. The van der Waals surface area contributed by atoms with Gasteiger partial charge in [0.05, 0.1) is 22.3 Å². The zero-order valence-corrected chi connectivity index (χ0v) is 18.3. The second kappa shape index (κ2) is 7.56. The zero-order valence-electron chi connectivity index (χ0n) is 18.3. The lowest BCUT2D eigenvalue weighted by molar-refractivity contribution is 0.214. The van der Waals surface area contributed by atoms with Crippen molar-refractivity contribution in [3.05, 3.63) is 76.0 Å². The van der Waals surface area contributed by atoms with Crippen LogP contribution in [-0.2, 0) is 25.3 Å². The van der Waals surface area contributed by atoms with Crippen molar-refractivity contribution in [2.45, 2.75) is 46.1 Å². The van der Waals surface area contributed by atoms with Gasteiger partial charge in [-0.15, -0.1) is 0 Å². The van der Waals surface area contributed by atoms with Gasteiger partial charge in [0.25, 0.3) is 5.56 Å². The number of aromatic nitrogens is 4. The Morgan fingerprint density at radius 2 is 1.94 bits per heavy atom. The molecule has 3 aromatic heterocycles. The van der Waals surface area contributed by atoms with Crippen molar-refractivity contribution in [1.29, 1.82) is 0 Å². The molecule has 0 amide bonds. The van der Waals surface area contributed by atoms with Crippen molar-refractivity contribution >= 4 is 22.4 Å². The molecule has 0 radical (unpaired) electrons. The quantitative estimate of drug-likeness (QED) is 0.495. The number of nitrogens with one attached hydrogen (secondary N) is 2. The summed E-state index contributed by atoms with van der Waals surface area (Å²) in [5.74, 6) is 0.630. The molecule has 0 saturated carbocycles.